The van der Waals surface area contributed by atoms with E-state index in [0.717, 1.165) is 5.56 Å². The van der Waals surface area contributed by atoms with Crippen molar-refractivity contribution < 1.29 is 38.0 Å². The lowest BCUT2D eigenvalue weighted by Crippen LogP contribution is -2.57. The number of hydrogen-bond acceptors (Lipinski definition) is 8. The molecule has 1 N–H and O–H groups in total. The van der Waals surface area contributed by atoms with Crippen LogP contribution in [-0.2, 0) is 30.3 Å². The number of esters is 1. The average Bonchev–Trinajstić information content (AvgIpc) is 2.90. The predicted octanol–water partition coefficient (Wildman–Crippen LogP) is 5.90. The van der Waals surface area contributed by atoms with Crippen LogP contribution >= 0.6 is 0 Å². The van der Waals surface area contributed by atoms with Gasteiger partial charge >= 0.3 is 12.1 Å². The van der Waals surface area contributed by atoms with Gasteiger partial charge in [0, 0.05) is 13.2 Å². The first-order valence-corrected chi connectivity index (χ1v) is 13.4. The van der Waals surface area contributed by atoms with Gasteiger partial charge in [-0.15, -0.1) is 0 Å². The maximum atomic E-state index is 12.7. The number of carbonyl (C=O) groups is 2. The minimum atomic E-state index is -0.945. The van der Waals surface area contributed by atoms with Crippen molar-refractivity contribution in [1.29, 1.82) is 0 Å². The molecule has 0 aliphatic rings. The van der Waals surface area contributed by atoms with Crippen LogP contribution in [0.3, 0.4) is 0 Å². The summed E-state index contributed by atoms with van der Waals surface area (Å²) in [4.78, 5) is 24.6. The van der Waals surface area contributed by atoms with E-state index in [-0.39, 0.29) is 20.0 Å². The number of hydrogen-bond donors (Lipinski definition) is 1. The summed E-state index contributed by atoms with van der Waals surface area (Å²) in [6.07, 6.45) is 2.92. The molecule has 220 valence electrons. The van der Waals surface area contributed by atoms with Gasteiger partial charge in [-0.3, -0.25) is 0 Å². The first-order valence-electron chi connectivity index (χ1n) is 13.4. The minimum Gasteiger partial charge on any atom is -0.485 e. The molecule has 0 spiro atoms. The van der Waals surface area contributed by atoms with Crippen molar-refractivity contribution in [2.75, 3.05) is 27.1 Å². The fraction of sp³-hybridized carbons (Fsp3) is 0.484. The fourth-order valence-corrected chi connectivity index (χ4v) is 3.63. The maximum absolute atomic E-state index is 12.7. The molecule has 0 unspecified atom stereocenters. The zero-order valence-corrected chi connectivity index (χ0v) is 24.7. The number of carbonyl (C=O) groups excluding carboxylic acids is 2. The first-order chi connectivity index (χ1) is 19.0. The Bertz CT molecular complexity index is 1100. The zero-order valence-electron chi connectivity index (χ0n) is 24.7. The summed E-state index contributed by atoms with van der Waals surface area (Å²) in [5, 5.41) is 2.91. The largest absolute Gasteiger partial charge is 0.485 e. The van der Waals surface area contributed by atoms with E-state index >= 15 is 0 Å². The third-order valence-corrected chi connectivity index (χ3v) is 5.86. The topological polar surface area (TPSA) is 102 Å². The van der Waals surface area contributed by atoms with Gasteiger partial charge in [-0.25, -0.2) is 9.59 Å². The lowest BCUT2D eigenvalue weighted by molar-refractivity contribution is -0.137. The van der Waals surface area contributed by atoms with E-state index in [2.05, 4.69) is 5.32 Å². The third kappa shape index (κ3) is 11.3. The van der Waals surface area contributed by atoms with Crippen molar-refractivity contribution in [3.8, 4) is 11.5 Å². The van der Waals surface area contributed by atoms with Crippen LogP contribution in [0, 0.1) is 0 Å². The van der Waals surface area contributed by atoms with Crippen molar-refractivity contribution in [2.45, 2.75) is 71.8 Å². The Labute approximate surface area is 237 Å². The highest BCUT2D eigenvalue weighted by Crippen LogP contribution is 2.35. The van der Waals surface area contributed by atoms with Gasteiger partial charge in [0.2, 0.25) is 0 Å². The van der Waals surface area contributed by atoms with E-state index < -0.39 is 29.3 Å². The number of rotatable bonds is 15. The fourth-order valence-electron chi connectivity index (χ4n) is 3.63. The van der Waals surface area contributed by atoms with Crippen LogP contribution in [0.2, 0.25) is 0 Å². The van der Waals surface area contributed by atoms with Crippen LogP contribution in [0.4, 0.5) is 4.79 Å². The molecule has 9 nitrogen and oxygen atoms in total. The summed E-state index contributed by atoms with van der Waals surface area (Å²) in [5.41, 5.74) is 0.0824. The molecule has 0 aliphatic heterocycles. The Balaban J connectivity index is 2.41. The van der Waals surface area contributed by atoms with Gasteiger partial charge in [0.1, 0.15) is 24.6 Å². The molecule has 2 aromatic rings. The minimum absolute atomic E-state index is 0.0475. The van der Waals surface area contributed by atoms with Gasteiger partial charge in [0.05, 0.1) is 19.3 Å². The highest BCUT2D eigenvalue weighted by Gasteiger charge is 2.38. The molecule has 2 atom stereocenters. The van der Waals surface area contributed by atoms with Crippen LogP contribution in [-0.4, -0.2) is 56.4 Å². The van der Waals surface area contributed by atoms with E-state index in [0.29, 0.717) is 30.1 Å². The number of nitrogens with one attached hydrogen (secondary N) is 1. The smallest absolute Gasteiger partial charge is 0.408 e. The lowest BCUT2D eigenvalue weighted by Gasteiger charge is -2.38. The van der Waals surface area contributed by atoms with Crippen molar-refractivity contribution in [2.24, 2.45) is 0 Å². The van der Waals surface area contributed by atoms with Crippen LogP contribution in [0.5, 0.6) is 11.5 Å². The second-order valence-electron chi connectivity index (χ2n) is 10.3. The van der Waals surface area contributed by atoms with Crippen molar-refractivity contribution >= 4 is 18.1 Å². The highest BCUT2D eigenvalue weighted by atomic mass is 16.7. The van der Waals surface area contributed by atoms with Crippen LogP contribution < -0.4 is 14.8 Å². The Morgan fingerprint density at radius 1 is 1.00 bits per heavy atom. The lowest BCUT2D eigenvalue weighted by atomic mass is 9.93. The van der Waals surface area contributed by atoms with E-state index in [1.54, 1.807) is 45.9 Å². The third-order valence-electron chi connectivity index (χ3n) is 5.86. The van der Waals surface area contributed by atoms with Crippen molar-refractivity contribution in [3.05, 3.63) is 65.7 Å². The van der Waals surface area contributed by atoms with E-state index in [9.17, 15) is 9.59 Å². The second kappa shape index (κ2) is 15.9. The standard InChI is InChI=1S/C31H43NO8/c1-8-31(6,27(21-36-22-35-7)32-29(34)40-30(3,4)5)39-26-19-23(16-18-28(33)37-9-2)15-17-25(26)38-20-24-13-11-10-12-14-24/h10-19,27H,8-9,20-22H2,1-7H3,(H,32,34)/b18-16+/t27-,31-/m1/s1. The number of alkyl carbamates (subject to hydrolysis) is 1. The van der Waals surface area contributed by atoms with Gasteiger partial charge in [0.15, 0.2) is 11.5 Å². The molecular formula is C31H43NO8. The molecule has 0 aromatic heterocycles. The Morgan fingerprint density at radius 2 is 1.73 bits per heavy atom. The maximum Gasteiger partial charge on any atom is 0.408 e. The molecule has 0 aliphatic carbocycles. The van der Waals surface area contributed by atoms with Crippen LogP contribution in [0.1, 0.15) is 59.1 Å². The van der Waals surface area contributed by atoms with Gasteiger partial charge in [-0.2, -0.15) is 0 Å². The zero-order chi connectivity index (χ0) is 29.6. The number of benzene rings is 2. The molecule has 2 rings (SSSR count). The van der Waals surface area contributed by atoms with E-state index in [1.807, 2.05) is 50.2 Å². The first kappa shape index (κ1) is 32.7. The van der Waals surface area contributed by atoms with E-state index in [1.165, 1.54) is 13.2 Å². The number of amides is 1. The van der Waals surface area contributed by atoms with Crippen LogP contribution in [0.15, 0.2) is 54.6 Å². The Morgan fingerprint density at radius 3 is 2.35 bits per heavy atom. The average molecular weight is 558 g/mol. The second-order valence-corrected chi connectivity index (χ2v) is 10.3. The monoisotopic (exact) mass is 557 g/mol. The van der Waals surface area contributed by atoms with Crippen molar-refractivity contribution in [3.63, 3.8) is 0 Å². The summed E-state index contributed by atoms with van der Waals surface area (Å²) < 4.78 is 34.0. The predicted molar refractivity (Wildman–Crippen MR) is 153 cm³/mol. The highest BCUT2D eigenvalue weighted by molar-refractivity contribution is 5.87. The summed E-state index contributed by atoms with van der Waals surface area (Å²) in [6.45, 7) is 11.7. The molecular weight excluding hydrogens is 514 g/mol. The van der Waals surface area contributed by atoms with Crippen molar-refractivity contribution in [1.82, 2.24) is 5.32 Å². The molecule has 40 heavy (non-hydrogen) atoms. The van der Waals surface area contributed by atoms with Gasteiger partial charge in [-0.1, -0.05) is 43.3 Å². The molecule has 0 heterocycles. The van der Waals surface area contributed by atoms with Gasteiger partial charge in [0.25, 0.3) is 0 Å². The molecule has 0 saturated carbocycles. The summed E-state index contributed by atoms with van der Waals surface area (Å²) in [7, 11) is 1.53. The molecule has 2 aromatic carbocycles. The van der Waals surface area contributed by atoms with Crippen LogP contribution in [0.25, 0.3) is 6.08 Å². The summed E-state index contributed by atoms with van der Waals surface area (Å²) >= 11 is 0. The molecule has 9 heteroatoms. The summed E-state index contributed by atoms with van der Waals surface area (Å²) in [5.74, 6) is 0.504. The number of methoxy groups -OCH3 is 1. The molecule has 0 saturated heterocycles. The van der Waals surface area contributed by atoms with Gasteiger partial charge < -0.3 is 33.7 Å². The molecule has 1 amide bonds. The quantitative estimate of drug-likeness (QED) is 0.125. The van der Waals surface area contributed by atoms with Gasteiger partial charge in [-0.05, 0) is 70.4 Å². The molecule has 0 radical (unpaired) electrons. The SMILES string of the molecule is CCOC(=O)/C=C/c1ccc(OCc2ccccc2)c(O[C@](C)(CC)[C@@H](COCOC)NC(=O)OC(C)(C)C)c1. The van der Waals surface area contributed by atoms with E-state index in [4.69, 9.17) is 28.4 Å². The molecule has 0 bridgehead atoms. The Hall–Kier alpha value is -3.56. The molecule has 0 fully saturated rings. The number of ether oxygens (including phenoxy) is 6. The summed E-state index contributed by atoms with van der Waals surface area (Å²) in [6, 6.07) is 14.6. The Kier molecular flexibility index (Phi) is 13.0. The normalized spacial score (nSPS) is 13.8.